The molecule has 27 heavy (non-hydrogen) atoms. The Hall–Kier alpha value is -3.55. The number of anilines is 1. The van der Waals surface area contributed by atoms with Gasteiger partial charge < -0.3 is 5.32 Å². The molecular weight excluding hydrogens is 342 g/mol. The molecule has 4 aromatic rings. The van der Waals surface area contributed by atoms with Gasteiger partial charge in [-0.2, -0.15) is 14.9 Å². The molecule has 3 heterocycles. The fraction of sp³-hybridized carbons (Fsp3) is 0.211. The number of para-hydroxylation sites is 1. The van der Waals surface area contributed by atoms with E-state index in [4.69, 9.17) is 0 Å². The van der Waals surface area contributed by atoms with E-state index in [1.165, 1.54) is 6.33 Å². The quantitative estimate of drug-likeness (QED) is 0.603. The van der Waals surface area contributed by atoms with Gasteiger partial charge in [0, 0.05) is 12.0 Å². The highest BCUT2D eigenvalue weighted by molar-refractivity contribution is 5.92. The van der Waals surface area contributed by atoms with E-state index in [1.807, 2.05) is 57.2 Å². The predicted molar refractivity (Wildman–Crippen MR) is 102 cm³/mol. The van der Waals surface area contributed by atoms with Crippen LogP contribution in [-0.4, -0.2) is 35.4 Å². The van der Waals surface area contributed by atoms with Gasteiger partial charge in [-0.3, -0.25) is 4.79 Å². The van der Waals surface area contributed by atoms with Crippen LogP contribution in [0, 0.1) is 12.8 Å². The number of hydrogen-bond acceptors (Lipinski definition) is 5. The van der Waals surface area contributed by atoms with Crippen LogP contribution in [-0.2, 0) is 4.79 Å². The second-order valence-electron chi connectivity index (χ2n) is 6.55. The highest BCUT2D eigenvalue weighted by Crippen LogP contribution is 2.24. The molecular formula is C19H19N7O. The van der Waals surface area contributed by atoms with Crippen molar-refractivity contribution in [2.45, 2.75) is 20.8 Å². The third-order valence-electron chi connectivity index (χ3n) is 4.15. The van der Waals surface area contributed by atoms with Crippen LogP contribution in [0.4, 0.5) is 5.82 Å². The number of fused-ring (bicyclic) bond motifs is 1. The van der Waals surface area contributed by atoms with E-state index in [9.17, 15) is 4.79 Å². The molecule has 1 amide bonds. The molecule has 3 aromatic heterocycles. The Morgan fingerprint density at radius 1 is 1.11 bits per heavy atom. The molecule has 0 aliphatic rings. The monoisotopic (exact) mass is 361 g/mol. The van der Waals surface area contributed by atoms with Crippen LogP contribution < -0.4 is 5.32 Å². The molecule has 0 aliphatic carbocycles. The van der Waals surface area contributed by atoms with Gasteiger partial charge in [0.25, 0.3) is 0 Å². The average molecular weight is 361 g/mol. The molecule has 0 saturated carbocycles. The summed E-state index contributed by atoms with van der Waals surface area (Å²) >= 11 is 0. The molecule has 136 valence electrons. The lowest BCUT2D eigenvalue weighted by Gasteiger charge is -2.10. The summed E-state index contributed by atoms with van der Waals surface area (Å²) in [4.78, 5) is 20.9. The first-order chi connectivity index (χ1) is 13.0. The van der Waals surface area contributed by atoms with Gasteiger partial charge in [-0.05, 0) is 19.1 Å². The van der Waals surface area contributed by atoms with Crippen LogP contribution in [0.5, 0.6) is 0 Å². The number of nitrogens with zero attached hydrogens (tertiary/aromatic N) is 6. The maximum atomic E-state index is 12.2. The molecule has 0 unspecified atom stereocenters. The van der Waals surface area contributed by atoms with Crippen molar-refractivity contribution >= 4 is 22.8 Å². The van der Waals surface area contributed by atoms with E-state index in [-0.39, 0.29) is 11.8 Å². The van der Waals surface area contributed by atoms with Crippen molar-refractivity contribution in [2.75, 3.05) is 5.32 Å². The number of carbonyl (C=O) groups is 1. The fourth-order valence-electron chi connectivity index (χ4n) is 2.78. The van der Waals surface area contributed by atoms with Gasteiger partial charge in [0.2, 0.25) is 5.91 Å². The fourth-order valence-corrected chi connectivity index (χ4v) is 2.78. The Morgan fingerprint density at radius 2 is 1.89 bits per heavy atom. The minimum atomic E-state index is -0.139. The highest BCUT2D eigenvalue weighted by Gasteiger charge is 2.18. The summed E-state index contributed by atoms with van der Waals surface area (Å²) in [6.07, 6.45) is 3.19. The first-order valence-electron chi connectivity index (χ1n) is 8.66. The first-order valence-corrected chi connectivity index (χ1v) is 8.66. The van der Waals surface area contributed by atoms with Gasteiger partial charge >= 0.3 is 0 Å². The Bertz CT molecular complexity index is 1110. The summed E-state index contributed by atoms with van der Waals surface area (Å²) in [6.45, 7) is 5.55. The van der Waals surface area contributed by atoms with Gasteiger partial charge in [0.1, 0.15) is 12.1 Å². The lowest BCUT2D eigenvalue weighted by atomic mass is 10.2. The summed E-state index contributed by atoms with van der Waals surface area (Å²) in [5.74, 6) is 0.911. The number of amides is 1. The maximum absolute atomic E-state index is 12.2. The summed E-state index contributed by atoms with van der Waals surface area (Å²) < 4.78 is 3.37. The van der Waals surface area contributed by atoms with Gasteiger partial charge in [0.15, 0.2) is 11.5 Å². The largest absolute Gasteiger partial charge is 0.310 e. The van der Waals surface area contributed by atoms with Gasteiger partial charge in [0.05, 0.1) is 23.0 Å². The Labute approximate surface area is 155 Å². The Morgan fingerprint density at radius 3 is 2.63 bits per heavy atom. The van der Waals surface area contributed by atoms with E-state index in [2.05, 4.69) is 25.5 Å². The van der Waals surface area contributed by atoms with Crippen molar-refractivity contribution in [3.63, 3.8) is 0 Å². The van der Waals surface area contributed by atoms with Crippen LogP contribution in [0.1, 0.15) is 19.5 Å². The second-order valence-corrected chi connectivity index (χ2v) is 6.55. The molecule has 0 bridgehead atoms. The summed E-state index contributed by atoms with van der Waals surface area (Å²) in [5, 5.41) is 12.6. The summed E-state index contributed by atoms with van der Waals surface area (Å²) in [7, 11) is 0. The number of rotatable bonds is 4. The third-order valence-corrected chi connectivity index (χ3v) is 4.15. The molecule has 0 atom stereocenters. The Balaban J connectivity index is 1.84. The number of nitrogens with one attached hydrogen (secondary N) is 1. The normalized spacial score (nSPS) is 11.3. The van der Waals surface area contributed by atoms with E-state index in [0.29, 0.717) is 17.3 Å². The van der Waals surface area contributed by atoms with Crippen LogP contribution in [0.15, 0.2) is 48.9 Å². The number of benzene rings is 1. The predicted octanol–water partition coefficient (Wildman–Crippen LogP) is 2.90. The van der Waals surface area contributed by atoms with Gasteiger partial charge in [-0.1, -0.05) is 32.0 Å². The number of hydrogen-bond donors (Lipinski definition) is 1. The maximum Gasteiger partial charge on any atom is 0.228 e. The van der Waals surface area contributed by atoms with E-state index in [0.717, 1.165) is 16.8 Å². The number of carbonyl (C=O) groups excluding carboxylic acids is 1. The third kappa shape index (κ3) is 3.05. The van der Waals surface area contributed by atoms with Crippen molar-refractivity contribution in [2.24, 2.45) is 5.92 Å². The molecule has 0 radical (unpaired) electrons. The zero-order valence-electron chi connectivity index (χ0n) is 15.3. The zero-order chi connectivity index (χ0) is 19.0. The lowest BCUT2D eigenvalue weighted by molar-refractivity contribution is -0.118. The minimum Gasteiger partial charge on any atom is -0.310 e. The van der Waals surface area contributed by atoms with E-state index >= 15 is 0 Å². The standard InChI is InChI=1S/C19H19N7O/c1-12(2)19(27)23-16-9-13(3)24-26(16)18-15-10-22-25(17(15)20-11-21-18)14-7-5-4-6-8-14/h4-12H,1-3H3,(H,23,27). The SMILES string of the molecule is Cc1cc(NC(=O)C(C)C)n(-c2ncnc3c2cnn3-c2ccccc2)n1. The summed E-state index contributed by atoms with van der Waals surface area (Å²) in [5.41, 5.74) is 2.35. The molecule has 0 saturated heterocycles. The van der Waals surface area contributed by atoms with Crippen molar-refractivity contribution in [1.82, 2.24) is 29.5 Å². The van der Waals surface area contributed by atoms with Crippen molar-refractivity contribution < 1.29 is 4.79 Å². The van der Waals surface area contributed by atoms with Crippen LogP contribution in [0.3, 0.4) is 0 Å². The molecule has 8 heteroatoms. The van der Waals surface area contributed by atoms with E-state index < -0.39 is 0 Å². The molecule has 1 N–H and O–H groups in total. The topological polar surface area (TPSA) is 90.5 Å². The second kappa shape index (κ2) is 6.64. The van der Waals surface area contributed by atoms with Crippen molar-refractivity contribution in [3.05, 3.63) is 54.6 Å². The van der Waals surface area contributed by atoms with Crippen molar-refractivity contribution in [1.29, 1.82) is 0 Å². The molecule has 4 rings (SSSR count). The number of aromatic nitrogens is 6. The lowest BCUT2D eigenvalue weighted by Crippen LogP contribution is -2.20. The zero-order valence-corrected chi connectivity index (χ0v) is 15.3. The van der Waals surface area contributed by atoms with Crippen LogP contribution >= 0.6 is 0 Å². The Kier molecular flexibility index (Phi) is 4.15. The molecule has 8 nitrogen and oxygen atoms in total. The average Bonchev–Trinajstić information content (AvgIpc) is 3.25. The number of aryl methyl sites for hydroxylation is 1. The summed E-state index contributed by atoms with van der Waals surface area (Å²) in [6, 6.07) is 11.6. The smallest absolute Gasteiger partial charge is 0.228 e. The molecule has 0 aliphatic heterocycles. The van der Waals surface area contributed by atoms with Crippen LogP contribution in [0.25, 0.3) is 22.5 Å². The minimum absolute atomic E-state index is 0.0820. The first kappa shape index (κ1) is 16.9. The van der Waals surface area contributed by atoms with Crippen molar-refractivity contribution in [3.8, 4) is 11.5 Å². The highest BCUT2D eigenvalue weighted by atomic mass is 16.1. The molecule has 0 fully saturated rings. The molecule has 0 spiro atoms. The molecule has 1 aromatic carbocycles. The van der Waals surface area contributed by atoms with Crippen LogP contribution in [0.2, 0.25) is 0 Å². The van der Waals surface area contributed by atoms with E-state index in [1.54, 1.807) is 15.6 Å². The van der Waals surface area contributed by atoms with Gasteiger partial charge in [-0.15, -0.1) is 0 Å². The van der Waals surface area contributed by atoms with Gasteiger partial charge in [-0.25, -0.2) is 14.6 Å².